The first-order valence-corrected chi connectivity index (χ1v) is 5.40. The molecule has 0 N–H and O–H groups in total. The number of esters is 1. The minimum Gasteiger partial charge on any atom is -0.463 e. The molecular formula is C13H20O3. The molecule has 3 nitrogen and oxygen atoms in total. The van der Waals surface area contributed by atoms with Gasteiger partial charge < -0.3 is 4.74 Å². The second-order valence-electron chi connectivity index (χ2n) is 4.29. The molecule has 0 bridgehead atoms. The Morgan fingerprint density at radius 1 is 1.25 bits per heavy atom. The summed E-state index contributed by atoms with van der Waals surface area (Å²) in [6, 6.07) is 0. The second-order valence-corrected chi connectivity index (χ2v) is 4.29. The summed E-state index contributed by atoms with van der Waals surface area (Å²) in [5.74, 6) is -0.295. The molecule has 0 aliphatic carbocycles. The summed E-state index contributed by atoms with van der Waals surface area (Å²) in [5, 5.41) is 0. The molecule has 0 heterocycles. The molecule has 0 spiro atoms. The average Bonchev–Trinajstić information content (AvgIpc) is 2.14. The Hall–Kier alpha value is -1.38. The van der Waals surface area contributed by atoms with Crippen molar-refractivity contribution in [2.75, 3.05) is 6.61 Å². The standard InChI is InChI=1S/C13H20O3/c1-5-16-12(15)8-10-13(3,4)9-6-7-11(2)14/h6-8,10H,5,9H2,1-4H3/b7-6+,10-8+. The van der Waals surface area contributed by atoms with Gasteiger partial charge in [-0.2, -0.15) is 0 Å². The van der Waals surface area contributed by atoms with E-state index in [2.05, 4.69) is 0 Å². The van der Waals surface area contributed by atoms with Crippen molar-refractivity contribution >= 4 is 11.8 Å². The number of ketones is 1. The second kappa shape index (κ2) is 6.99. The molecule has 0 atom stereocenters. The molecule has 0 aromatic heterocycles. The maximum atomic E-state index is 11.1. The zero-order chi connectivity index (χ0) is 12.6. The maximum Gasteiger partial charge on any atom is 0.330 e. The lowest BCUT2D eigenvalue weighted by atomic mass is 9.88. The van der Waals surface area contributed by atoms with E-state index in [1.807, 2.05) is 19.9 Å². The molecule has 16 heavy (non-hydrogen) atoms. The van der Waals surface area contributed by atoms with Crippen molar-refractivity contribution in [3.63, 3.8) is 0 Å². The minimum absolute atomic E-state index is 0.0326. The molecule has 0 amide bonds. The highest BCUT2D eigenvalue weighted by Gasteiger charge is 2.12. The first-order valence-electron chi connectivity index (χ1n) is 5.40. The molecule has 90 valence electrons. The molecule has 0 radical (unpaired) electrons. The van der Waals surface area contributed by atoms with Gasteiger partial charge in [-0.15, -0.1) is 0 Å². The van der Waals surface area contributed by atoms with E-state index in [9.17, 15) is 9.59 Å². The number of hydrogen-bond acceptors (Lipinski definition) is 3. The number of rotatable bonds is 6. The van der Waals surface area contributed by atoms with Gasteiger partial charge in [-0.1, -0.05) is 26.0 Å². The van der Waals surface area contributed by atoms with Crippen molar-refractivity contribution in [2.24, 2.45) is 5.41 Å². The fraction of sp³-hybridized carbons (Fsp3) is 0.538. The summed E-state index contributed by atoms with van der Waals surface area (Å²) in [7, 11) is 0. The fourth-order valence-corrected chi connectivity index (χ4v) is 1.08. The van der Waals surface area contributed by atoms with Gasteiger partial charge in [-0.05, 0) is 31.8 Å². The Labute approximate surface area is 97.2 Å². The van der Waals surface area contributed by atoms with E-state index in [0.29, 0.717) is 13.0 Å². The Kier molecular flexibility index (Phi) is 6.38. The van der Waals surface area contributed by atoms with Crippen LogP contribution >= 0.6 is 0 Å². The highest BCUT2D eigenvalue weighted by Crippen LogP contribution is 2.22. The smallest absolute Gasteiger partial charge is 0.330 e. The molecule has 0 aliphatic rings. The summed E-state index contributed by atoms with van der Waals surface area (Å²) in [6.45, 7) is 7.65. The van der Waals surface area contributed by atoms with Crippen molar-refractivity contribution in [1.29, 1.82) is 0 Å². The fourth-order valence-electron chi connectivity index (χ4n) is 1.08. The third-order valence-corrected chi connectivity index (χ3v) is 1.95. The molecule has 0 saturated carbocycles. The van der Waals surface area contributed by atoms with Gasteiger partial charge in [0.2, 0.25) is 0 Å². The lowest BCUT2D eigenvalue weighted by Gasteiger charge is -2.17. The highest BCUT2D eigenvalue weighted by molar-refractivity contribution is 5.87. The van der Waals surface area contributed by atoms with Crippen LogP contribution in [0.25, 0.3) is 0 Å². The summed E-state index contributed by atoms with van der Waals surface area (Å²) in [5.41, 5.74) is -0.154. The predicted molar refractivity (Wildman–Crippen MR) is 64.0 cm³/mol. The van der Waals surface area contributed by atoms with Crippen molar-refractivity contribution in [3.8, 4) is 0 Å². The van der Waals surface area contributed by atoms with E-state index in [1.54, 1.807) is 19.1 Å². The zero-order valence-corrected chi connectivity index (χ0v) is 10.4. The van der Waals surface area contributed by atoms with Crippen LogP contribution in [0, 0.1) is 5.41 Å². The number of ether oxygens (including phenoxy) is 1. The molecule has 0 aliphatic heterocycles. The third kappa shape index (κ3) is 7.97. The summed E-state index contributed by atoms with van der Waals surface area (Å²) >= 11 is 0. The molecule has 0 unspecified atom stereocenters. The van der Waals surface area contributed by atoms with Crippen molar-refractivity contribution < 1.29 is 14.3 Å². The highest BCUT2D eigenvalue weighted by atomic mass is 16.5. The van der Waals surface area contributed by atoms with Crippen LogP contribution in [0.4, 0.5) is 0 Å². The maximum absolute atomic E-state index is 11.1. The van der Waals surface area contributed by atoms with Gasteiger partial charge in [0, 0.05) is 6.08 Å². The largest absolute Gasteiger partial charge is 0.463 e. The molecule has 0 saturated heterocycles. The minimum atomic E-state index is -0.328. The van der Waals surface area contributed by atoms with Crippen molar-refractivity contribution in [3.05, 3.63) is 24.3 Å². The van der Waals surface area contributed by atoms with Crippen LogP contribution in [0.1, 0.15) is 34.1 Å². The van der Waals surface area contributed by atoms with E-state index in [0.717, 1.165) is 0 Å². The van der Waals surface area contributed by atoms with Crippen LogP contribution in [-0.2, 0) is 14.3 Å². The van der Waals surface area contributed by atoms with Gasteiger partial charge in [0.1, 0.15) is 0 Å². The van der Waals surface area contributed by atoms with Crippen LogP contribution in [0.3, 0.4) is 0 Å². The van der Waals surface area contributed by atoms with Gasteiger partial charge in [0.05, 0.1) is 6.61 Å². The number of allylic oxidation sites excluding steroid dienone is 3. The monoisotopic (exact) mass is 224 g/mol. The van der Waals surface area contributed by atoms with Gasteiger partial charge in [0.15, 0.2) is 5.78 Å². The molecule has 3 heteroatoms. The Morgan fingerprint density at radius 2 is 1.88 bits per heavy atom. The lowest BCUT2D eigenvalue weighted by Crippen LogP contribution is -2.08. The number of hydrogen-bond donors (Lipinski definition) is 0. The van der Waals surface area contributed by atoms with Crippen LogP contribution in [-0.4, -0.2) is 18.4 Å². The summed E-state index contributed by atoms with van der Waals surface area (Å²) in [6.07, 6.45) is 7.31. The van der Waals surface area contributed by atoms with Gasteiger partial charge in [0.25, 0.3) is 0 Å². The molecule has 0 aromatic rings. The quantitative estimate of drug-likeness (QED) is 0.514. The molecule has 0 rings (SSSR count). The van der Waals surface area contributed by atoms with Gasteiger partial charge in [-0.3, -0.25) is 4.79 Å². The molecule has 0 aromatic carbocycles. The van der Waals surface area contributed by atoms with E-state index < -0.39 is 0 Å². The zero-order valence-electron chi connectivity index (χ0n) is 10.4. The van der Waals surface area contributed by atoms with Crippen molar-refractivity contribution in [1.82, 2.24) is 0 Å². The molecule has 0 fully saturated rings. The molecular weight excluding hydrogens is 204 g/mol. The Morgan fingerprint density at radius 3 is 2.38 bits per heavy atom. The van der Waals surface area contributed by atoms with Crippen LogP contribution < -0.4 is 0 Å². The topological polar surface area (TPSA) is 43.4 Å². The van der Waals surface area contributed by atoms with E-state index >= 15 is 0 Å². The summed E-state index contributed by atoms with van der Waals surface area (Å²) in [4.78, 5) is 21.8. The van der Waals surface area contributed by atoms with Gasteiger partial charge >= 0.3 is 5.97 Å². The Balaban J connectivity index is 4.23. The van der Waals surface area contributed by atoms with Gasteiger partial charge in [-0.25, -0.2) is 4.79 Å². The van der Waals surface area contributed by atoms with E-state index in [1.165, 1.54) is 13.0 Å². The van der Waals surface area contributed by atoms with Crippen LogP contribution in [0.15, 0.2) is 24.3 Å². The van der Waals surface area contributed by atoms with E-state index in [4.69, 9.17) is 4.74 Å². The van der Waals surface area contributed by atoms with Crippen molar-refractivity contribution in [2.45, 2.75) is 34.1 Å². The van der Waals surface area contributed by atoms with Crippen LogP contribution in [0.2, 0.25) is 0 Å². The normalized spacial score (nSPS) is 12.2. The predicted octanol–water partition coefficient (Wildman–Crippen LogP) is 2.67. The van der Waals surface area contributed by atoms with Crippen LogP contribution in [0.5, 0.6) is 0 Å². The lowest BCUT2D eigenvalue weighted by molar-refractivity contribution is -0.137. The average molecular weight is 224 g/mol. The first kappa shape index (κ1) is 14.6. The van der Waals surface area contributed by atoms with E-state index in [-0.39, 0.29) is 17.2 Å². The third-order valence-electron chi connectivity index (χ3n) is 1.95. The summed E-state index contributed by atoms with van der Waals surface area (Å²) < 4.78 is 4.78. The first-order chi connectivity index (χ1) is 7.37. The Bertz CT molecular complexity index is 298. The number of carbonyl (C=O) groups is 2. The SMILES string of the molecule is CCOC(=O)/C=C/C(C)(C)C/C=C/C(C)=O. The number of carbonyl (C=O) groups excluding carboxylic acids is 2.